The van der Waals surface area contributed by atoms with Crippen molar-refractivity contribution in [2.75, 3.05) is 12.3 Å². The quantitative estimate of drug-likeness (QED) is 0.837. The number of amides is 1. The molecule has 1 aromatic rings. The normalized spacial score (nSPS) is 18.8. The third-order valence-corrected chi connectivity index (χ3v) is 4.83. The molecule has 1 aromatic carbocycles. The highest BCUT2D eigenvalue weighted by Crippen LogP contribution is 2.24. The summed E-state index contributed by atoms with van der Waals surface area (Å²) < 4.78 is 0. The van der Waals surface area contributed by atoms with Crippen LogP contribution in [-0.2, 0) is 0 Å². The predicted molar refractivity (Wildman–Crippen MR) is 84.8 cm³/mol. The maximum absolute atomic E-state index is 12.0. The van der Waals surface area contributed by atoms with E-state index in [1.54, 1.807) is 24.3 Å². The van der Waals surface area contributed by atoms with Crippen LogP contribution in [0.4, 0.5) is 0 Å². The van der Waals surface area contributed by atoms with Gasteiger partial charge in [-0.2, -0.15) is 11.8 Å². The van der Waals surface area contributed by atoms with Gasteiger partial charge in [0.25, 0.3) is 5.91 Å². The number of carbonyl (C=O) groups excluding carboxylic acids is 1. The minimum atomic E-state index is -0.0272. The standard InChI is InChI=1S/C14H18N2OS2/c15-13(18)10-4-6-11(7-5-10)14(17)16-9-12-3-1-2-8-19-12/h4-7,12H,1-3,8-9H2,(H2,15,18)(H,16,17). The Morgan fingerprint density at radius 3 is 2.58 bits per heavy atom. The highest BCUT2D eigenvalue weighted by Gasteiger charge is 2.15. The van der Waals surface area contributed by atoms with E-state index in [4.69, 9.17) is 18.0 Å². The van der Waals surface area contributed by atoms with E-state index in [0.717, 1.165) is 12.1 Å². The highest BCUT2D eigenvalue weighted by atomic mass is 32.2. The maximum atomic E-state index is 12.0. The first-order chi connectivity index (χ1) is 9.16. The van der Waals surface area contributed by atoms with Gasteiger partial charge in [-0.1, -0.05) is 30.8 Å². The fraction of sp³-hybridized carbons (Fsp3) is 0.429. The Hall–Kier alpha value is -1.07. The Bertz CT molecular complexity index is 453. The Kier molecular flexibility index (Phi) is 5.22. The molecule has 1 aliphatic rings. The summed E-state index contributed by atoms with van der Waals surface area (Å²) in [4.78, 5) is 12.3. The minimum Gasteiger partial charge on any atom is -0.389 e. The van der Waals surface area contributed by atoms with Crippen molar-refractivity contribution in [3.8, 4) is 0 Å². The van der Waals surface area contributed by atoms with Gasteiger partial charge in [0.05, 0.1) is 0 Å². The summed E-state index contributed by atoms with van der Waals surface area (Å²) in [6.45, 7) is 0.751. The Morgan fingerprint density at radius 1 is 1.32 bits per heavy atom. The van der Waals surface area contributed by atoms with E-state index in [2.05, 4.69) is 5.32 Å². The van der Waals surface area contributed by atoms with Crippen molar-refractivity contribution in [2.24, 2.45) is 5.73 Å². The van der Waals surface area contributed by atoms with Crippen LogP contribution in [0.2, 0.25) is 0 Å². The highest BCUT2D eigenvalue weighted by molar-refractivity contribution is 7.99. The second-order valence-electron chi connectivity index (χ2n) is 4.64. The summed E-state index contributed by atoms with van der Waals surface area (Å²) in [5.74, 6) is 1.18. The van der Waals surface area contributed by atoms with Gasteiger partial charge in [-0.25, -0.2) is 0 Å². The van der Waals surface area contributed by atoms with Crippen LogP contribution in [-0.4, -0.2) is 28.4 Å². The van der Waals surface area contributed by atoms with Gasteiger partial charge in [0, 0.05) is 22.9 Å². The van der Waals surface area contributed by atoms with E-state index < -0.39 is 0 Å². The van der Waals surface area contributed by atoms with E-state index in [1.165, 1.54) is 25.0 Å². The lowest BCUT2D eigenvalue weighted by molar-refractivity contribution is 0.0953. The fourth-order valence-electron chi connectivity index (χ4n) is 2.06. The number of benzene rings is 1. The number of rotatable bonds is 4. The third kappa shape index (κ3) is 4.21. The molecule has 1 amide bonds. The smallest absolute Gasteiger partial charge is 0.251 e. The van der Waals surface area contributed by atoms with Crippen LogP contribution in [0.3, 0.4) is 0 Å². The van der Waals surface area contributed by atoms with Crippen LogP contribution < -0.4 is 11.1 Å². The van der Waals surface area contributed by atoms with Crippen LogP contribution in [0.1, 0.15) is 35.2 Å². The monoisotopic (exact) mass is 294 g/mol. The number of hydrogen-bond acceptors (Lipinski definition) is 3. The Balaban J connectivity index is 1.86. The number of nitrogens with two attached hydrogens (primary N) is 1. The lowest BCUT2D eigenvalue weighted by Gasteiger charge is -2.21. The van der Waals surface area contributed by atoms with Gasteiger partial charge < -0.3 is 11.1 Å². The summed E-state index contributed by atoms with van der Waals surface area (Å²) >= 11 is 6.84. The fourth-order valence-corrected chi connectivity index (χ4v) is 3.44. The van der Waals surface area contributed by atoms with E-state index in [9.17, 15) is 4.79 Å². The van der Waals surface area contributed by atoms with Gasteiger partial charge in [0.1, 0.15) is 4.99 Å². The molecule has 0 aromatic heterocycles. The molecule has 0 saturated carbocycles. The molecule has 1 fully saturated rings. The van der Waals surface area contributed by atoms with Crippen LogP contribution in [0.15, 0.2) is 24.3 Å². The molecular formula is C14H18N2OS2. The third-order valence-electron chi connectivity index (χ3n) is 3.20. The zero-order valence-corrected chi connectivity index (χ0v) is 12.4. The Labute approximate surface area is 123 Å². The van der Waals surface area contributed by atoms with Gasteiger partial charge in [-0.3, -0.25) is 4.79 Å². The lowest BCUT2D eigenvalue weighted by atomic mass is 10.1. The number of thiocarbonyl (C=S) groups is 1. The molecule has 1 unspecified atom stereocenters. The lowest BCUT2D eigenvalue weighted by Crippen LogP contribution is -2.31. The second-order valence-corrected chi connectivity index (χ2v) is 6.49. The summed E-state index contributed by atoms with van der Waals surface area (Å²) in [5.41, 5.74) is 6.96. The molecule has 0 radical (unpaired) electrons. The molecular weight excluding hydrogens is 276 g/mol. The topological polar surface area (TPSA) is 55.1 Å². The largest absolute Gasteiger partial charge is 0.389 e. The molecule has 0 spiro atoms. The molecule has 2 rings (SSSR count). The van der Waals surface area contributed by atoms with Crippen molar-refractivity contribution in [2.45, 2.75) is 24.5 Å². The van der Waals surface area contributed by atoms with Crippen LogP contribution in [0, 0.1) is 0 Å². The van der Waals surface area contributed by atoms with Gasteiger partial charge in [0.2, 0.25) is 0 Å². The minimum absolute atomic E-state index is 0.0272. The molecule has 1 heterocycles. The zero-order chi connectivity index (χ0) is 13.7. The predicted octanol–water partition coefficient (Wildman–Crippen LogP) is 2.34. The molecule has 102 valence electrons. The zero-order valence-electron chi connectivity index (χ0n) is 10.7. The molecule has 19 heavy (non-hydrogen) atoms. The number of thioether (sulfide) groups is 1. The summed E-state index contributed by atoms with van der Waals surface area (Å²) in [5, 5.41) is 3.56. The average molecular weight is 294 g/mol. The first-order valence-corrected chi connectivity index (χ1v) is 7.92. The van der Waals surface area contributed by atoms with Crippen molar-refractivity contribution >= 4 is 34.9 Å². The van der Waals surface area contributed by atoms with Crippen molar-refractivity contribution < 1.29 is 4.79 Å². The van der Waals surface area contributed by atoms with Crippen LogP contribution >= 0.6 is 24.0 Å². The molecule has 1 atom stereocenters. The SMILES string of the molecule is NC(=S)c1ccc(C(=O)NCC2CCCCS2)cc1. The molecule has 3 nitrogen and oxygen atoms in total. The van der Waals surface area contributed by atoms with E-state index in [0.29, 0.717) is 15.8 Å². The average Bonchev–Trinajstić information content (AvgIpc) is 2.46. The van der Waals surface area contributed by atoms with Crippen LogP contribution in [0.5, 0.6) is 0 Å². The first-order valence-electron chi connectivity index (χ1n) is 6.46. The summed E-state index contributed by atoms with van der Waals surface area (Å²) in [6, 6.07) is 7.09. The van der Waals surface area contributed by atoms with Gasteiger partial charge >= 0.3 is 0 Å². The summed E-state index contributed by atoms with van der Waals surface area (Å²) in [6.07, 6.45) is 3.77. The molecule has 0 bridgehead atoms. The van der Waals surface area contributed by atoms with Gasteiger partial charge in [0.15, 0.2) is 0 Å². The van der Waals surface area contributed by atoms with Crippen molar-refractivity contribution in [1.29, 1.82) is 0 Å². The molecule has 3 N–H and O–H groups in total. The van der Waals surface area contributed by atoms with E-state index in [1.807, 2.05) is 11.8 Å². The van der Waals surface area contributed by atoms with Gasteiger partial charge in [-0.05, 0) is 30.7 Å². The van der Waals surface area contributed by atoms with Crippen molar-refractivity contribution in [3.63, 3.8) is 0 Å². The second kappa shape index (κ2) is 6.91. The van der Waals surface area contributed by atoms with Crippen molar-refractivity contribution in [3.05, 3.63) is 35.4 Å². The van der Waals surface area contributed by atoms with Crippen molar-refractivity contribution in [1.82, 2.24) is 5.32 Å². The molecule has 5 heteroatoms. The van der Waals surface area contributed by atoms with E-state index >= 15 is 0 Å². The van der Waals surface area contributed by atoms with Crippen LogP contribution in [0.25, 0.3) is 0 Å². The Morgan fingerprint density at radius 2 is 2.00 bits per heavy atom. The molecule has 0 aliphatic carbocycles. The maximum Gasteiger partial charge on any atom is 0.251 e. The number of hydrogen-bond donors (Lipinski definition) is 2. The number of carbonyl (C=O) groups is 1. The number of nitrogens with one attached hydrogen (secondary N) is 1. The summed E-state index contributed by atoms with van der Waals surface area (Å²) in [7, 11) is 0. The van der Waals surface area contributed by atoms with E-state index in [-0.39, 0.29) is 5.91 Å². The molecule has 1 aliphatic heterocycles. The molecule has 1 saturated heterocycles. The first kappa shape index (κ1) is 14.3. The van der Waals surface area contributed by atoms with Gasteiger partial charge in [-0.15, -0.1) is 0 Å².